The second-order valence-corrected chi connectivity index (χ2v) is 22.2. The fourth-order valence-electron chi connectivity index (χ4n) is 10.5. The van der Waals surface area contributed by atoms with E-state index in [1.807, 2.05) is 6.92 Å². The van der Waals surface area contributed by atoms with E-state index in [0.717, 1.165) is 32.1 Å². The zero-order valence-electron chi connectivity index (χ0n) is 47.2. The number of ether oxygens (including phenoxy) is 6. The molecule has 17 unspecified atom stereocenters. The van der Waals surface area contributed by atoms with Gasteiger partial charge in [-0.2, -0.15) is 0 Å². The van der Waals surface area contributed by atoms with E-state index in [9.17, 15) is 61.0 Å². The third-order valence-electron chi connectivity index (χ3n) is 15.6. The van der Waals surface area contributed by atoms with Crippen LogP contribution in [0.2, 0.25) is 0 Å². The van der Waals surface area contributed by atoms with Crippen molar-refractivity contribution in [2.24, 2.45) is 0 Å². The number of rotatable bonds is 45. The molecule has 77 heavy (non-hydrogen) atoms. The van der Waals surface area contributed by atoms with Crippen molar-refractivity contribution in [3.05, 3.63) is 12.2 Å². The predicted octanol–water partition coefficient (Wildman–Crippen LogP) is 5.38. The summed E-state index contributed by atoms with van der Waals surface area (Å²) in [5.74, 6) is -0.252. The largest absolute Gasteiger partial charge is 0.394 e. The first kappa shape index (κ1) is 69.8. The molecule has 1 amide bonds. The Labute approximate surface area is 461 Å². The monoisotopic (exact) mass is 1110 g/mol. The van der Waals surface area contributed by atoms with Gasteiger partial charge in [-0.25, -0.2) is 0 Å². The van der Waals surface area contributed by atoms with Gasteiger partial charge in [-0.15, -0.1) is 0 Å². The minimum atomic E-state index is -1.97. The second kappa shape index (κ2) is 42.4. The van der Waals surface area contributed by atoms with Crippen LogP contribution in [0.15, 0.2) is 12.2 Å². The summed E-state index contributed by atoms with van der Waals surface area (Å²) in [6, 6.07) is -0.878. The fourth-order valence-corrected chi connectivity index (χ4v) is 10.5. The molecule has 454 valence electrons. The Bertz CT molecular complexity index is 1460. The van der Waals surface area contributed by atoms with E-state index in [1.165, 1.54) is 148 Å². The molecule has 0 aromatic heterocycles. The van der Waals surface area contributed by atoms with Crippen LogP contribution in [0.25, 0.3) is 0 Å². The number of hydrogen-bond donors (Lipinski definition) is 12. The number of carbonyl (C=O) groups excluding carboxylic acids is 1. The summed E-state index contributed by atoms with van der Waals surface area (Å²) in [4.78, 5) is 13.1. The zero-order chi connectivity index (χ0) is 56.2. The molecule has 0 aromatic carbocycles. The molecular weight excluding hydrogens is 999 g/mol. The molecule has 3 fully saturated rings. The number of amides is 1. The zero-order valence-corrected chi connectivity index (χ0v) is 47.2. The lowest BCUT2D eigenvalue weighted by Gasteiger charge is -2.48. The van der Waals surface area contributed by atoms with Crippen LogP contribution in [0.1, 0.15) is 219 Å². The van der Waals surface area contributed by atoms with E-state index in [4.69, 9.17) is 28.4 Å². The molecule has 0 saturated carbocycles. The average molecular weight is 1110 g/mol. The smallest absolute Gasteiger partial charge is 0.220 e. The molecule has 12 N–H and O–H groups in total. The summed E-state index contributed by atoms with van der Waals surface area (Å²) in [5.41, 5.74) is 0. The van der Waals surface area contributed by atoms with Crippen molar-refractivity contribution in [1.82, 2.24) is 5.32 Å². The van der Waals surface area contributed by atoms with Crippen LogP contribution < -0.4 is 5.32 Å². The van der Waals surface area contributed by atoms with Gasteiger partial charge < -0.3 is 89.9 Å². The number of aliphatic hydroxyl groups excluding tert-OH is 11. The van der Waals surface area contributed by atoms with Crippen LogP contribution >= 0.6 is 0 Å². The van der Waals surface area contributed by atoms with Crippen molar-refractivity contribution >= 4 is 5.91 Å². The summed E-state index contributed by atoms with van der Waals surface area (Å²) in [6.45, 7) is 1.61. The summed E-state index contributed by atoms with van der Waals surface area (Å²) in [5, 5.41) is 119. The lowest BCUT2D eigenvalue weighted by molar-refractivity contribution is -0.379. The number of unbranched alkanes of at least 4 members (excludes halogenated alkanes) is 27. The fraction of sp³-hybridized carbons (Fsp3) is 0.948. The molecule has 0 spiro atoms. The van der Waals surface area contributed by atoms with Gasteiger partial charge in [0.1, 0.15) is 73.2 Å². The molecule has 19 nitrogen and oxygen atoms in total. The van der Waals surface area contributed by atoms with Crippen molar-refractivity contribution in [2.75, 3.05) is 26.4 Å². The average Bonchev–Trinajstić information content (AvgIpc) is 3.43. The van der Waals surface area contributed by atoms with Gasteiger partial charge in [0.2, 0.25) is 5.91 Å². The minimum Gasteiger partial charge on any atom is -0.394 e. The first-order valence-corrected chi connectivity index (χ1v) is 30.4. The van der Waals surface area contributed by atoms with Crippen LogP contribution in [0, 0.1) is 0 Å². The van der Waals surface area contributed by atoms with E-state index in [-0.39, 0.29) is 18.9 Å². The first-order valence-electron chi connectivity index (χ1n) is 30.4. The normalized spacial score (nSPS) is 30.7. The van der Waals surface area contributed by atoms with Crippen LogP contribution in [0.4, 0.5) is 0 Å². The van der Waals surface area contributed by atoms with Crippen LogP contribution in [0.3, 0.4) is 0 Å². The lowest BCUT2D eigenvalue weighted by atomic mass is 9.96. The van der Waals surface area contributed by atoms with Crippen molar-refractivity contribution in [3.8, 4) is 0 Å². The first-order chi connectivity index (χ1) is 37.3. The van der Waals surface area contributed by atoms with Gasteiger partial charge in [-0.05, 0) is 38.5 Å². The maximum absolute atomic E-state index is 13.1. The molecule has 0 aliphatic carbocycles. The molecule has 0 aromatic rings. The topological polar surface area (TPSA) is 307 Å². The highest BCUT2D eigenvalue weighted by Crippen LogP contribution is 2.33. The van der Waals surface area contributed by atoms with Crippen molar-refractivity contribution in [3.63, 3.8) is 0 Å². The molecule has 0 radical (unpaired) electrons. The quantitative estimate of drug-likeness (QED) is 0.0269. The van der Waals surface area contributed by atoms with Gasteiger partial charge in [0.25, 0.3) is 0 Å². The highest BCUT2D eigenvalue weighted by Gasteiger charge is 2.53. The molecule has 3 rings (SSSR count). The Hall–Kier alpha value is -1.47. The van der Waals surface area contributed by atoms with Gasteiger partial charge >= 0.3 is 0 Å². The van der Waals surface area contributed by atoms with Crippen LogP contribution in [0.5, 0.6) is 0 Å². The number of aliphatic hydroxyl groups is 11. The van der Waals surface area contributed by atoms with Crippen molar-refractivity contribution < 1.29 is 89.4 Å². The third-order valence-corrected chi connectivity index (χ3v) is 15.6. The van der Waals surface area contributed by atoms with Crippen LogP contribution in [-0.2, 0) is 33.2 Å². The van der Waals surface area contributed by atoms with Gasteiger partial charge in [0.05, 0.1) is 38.6 Å². The van der Waals surface area contributed by atoms with Gasteiger partial charge in [-0.1, -0.05) is 187 Å². The SMILES string of the molecule is CCCCCCCCCC/C=C\CCCCCCCCCCCCCCCCCCCC(=O)NC(COC1OC(CO)C(OC2OC(CO)C(OC3OC(CO)C(O)C(O)C3O)C(O)C2O)C(O)C1O)C(O)CCCCC. The Balaban J connectivity index is 1.29. The number of hydrogen-bond acceptors (Lipinski definition) is 18. The Kier molecular flexibility index (Phi) is 38.4. The van der Waals surface area contributed by atoms with Gasteiger partial charge in [-0.3, -0.25) is 4.79 Å². The molecule has 3 aliphatic heterocycles. The minimum absolute atomic E-state index is 0.252. The van der Waals surface area contributed by atoms with E-state index < -0.39 is 124 Å². The van der Waals surface area contributed by atoms with Crippen LogP contribution in [-0.4, -0.2) is 193 Å². The highest BCUT2D eigenvalue weighted by molar-refractivity contribution is 5.76. The lowest BCUT2D eigenvalue weighted by Crippen LogP contribution is -2.66. The summed E-state index contributed by atoms with van der Waals surface area (Å²) >= 11 is 0. The van der Waals surface area contributed by atoms with Gasteiger partial charge in [0.15, 0.2) is 18.9 Å². The standard InChI is InChI=1S/C58H109NO18/c1-3-5-7-8-9-10-11-12-13-14-15-16-17-18-19-20-21-22-23-24-25-26-27-28-29-30-31-32-34-36-46(64)59-41(42(63)35-33-6-4-2)40-72-56-52(70)49(67)54(44(38-61)74-56)77-58-53(71)50(68)55(45(39-62)75-58)76-57-51(69)48(66)47(65)43(37-60)73-57/h14-15,41-45,47-58,60-63,65-71H,3-13,16-40H2,1-2H3,(H,59,64)/b15-14-. The number of carbonyl (C=O) groups is 1. The van der Waals surface area contributed by atoms with Gasteiger partial charge in [0, 0.05) is 6.42 Å². The number of allylic oxidation sites excluding steroid dienone is 2. The maximum Gasteiger partial charge on any atom is 0.220 e. The van der Waals surface area contributed by atoms with E-state index in [0.29, 0.717) is 19.3 Å². The molecule has 17 atom stereocenters. The Morgan fingerprint density at radius 1 is 0.455 bits per heavy atom. The molecule has 3 heterocycles. The number of nitrogens with one attached hydrogen (secondary N) is 1. The van der Waals surface area contributed by atoms with E-state index in [1.54, 1.807) is 0 Å². The van der Waals surface area contributed by atoms with Crippen molar-refractivity contribution in [1.29, 1.82) is 0 Å². The summed E-state index contributed by atoms with van der Waals surface area (Å²) < 4.78 is 34.0. The Morgan fingerprint density at radius 3 is 1.26 bits per heavy atom. The molecule has 0 bridgehead atoms. The molecule has 19 heteroatoms. The second-order valence-electron chi connectivity index (χ2n) is 22.2. The Morgan fingerprint density at radius 2 is 0.818 bits per heavy atom. The maximum atomic E-state index is 13.1. The van der Waals surface area contributed by atoms with E-state index in [2.05, 4.69) is 24.4 Å². The third kappa shape index (κ3) is 26.5. The summed E-state index contributed by atoms with van der Waals surface area (Å²) in [6.07, 6.45) is 16.0. The highest BCUT2D eigenvalue weighted by atomic mass is 16.8. The molecule has 3 saturated heterocycles. The summed E-state index contributed by atoms with van der Waals surface area (Å²) in [7, 11) is 0. The predicted molar refractivity (Wildman–Crippen MR) is 291 cm³/mol. The molecular formula is C58H109NO18. The van der Waals surface area contributed by atoms with E-state index >= 15 is 0 Å². The van der Waals surface area contributed by atoms with Crippen molar-refractivity contribution in [2.45, 2.75) is 324 Å². The molecule has 3 aliphatic rings.